The van der Waals surface area contributed by atoms with Gasteiger partial charge in [-0.2, -0.15) is 0 Å². The molecule has 0 aliphatic carbocycles. The Bertz CT molecular complexity index is 877. The van der Waals surface area contributed by atoms with Crippen LogP contribution < -0.4 is 0 Å². The van der Waals surface area contributed by atoms with Gasteiger partial charge in [0.05, 0.1) is 5.75 Å². The number of esters is 1. The fraction of sp³-hybridized carbons (Fsp3) is 0.304. The average molecular weight is 396 g/mol. The lowest BCUT2D eigenvalue weighted by Gasteiger charge is -2.26. The van der Waals surface area contributed by atoms with Crippen LogP contribution in [-0.2, 0) is 14.3 Å². The van der Waals surface area contributed by atoms with E-state index in [0.29, 0.717) is 13.1 Å². The van der Waals surface area contributed by atoms with Crippen molar-refractivity contribution in [2.45, 2.75) is 25.2 Å². The van der Waals surface area contributed by atoms with Crippen molar-refractivity contribution in [2.75, 3.05) is 25.4 Å². The topological polar surface area (TPSA) is 46.6 Å². The second-order valence-electron chi connectivity index (χ2n) is 6.90. The molecule has 3 rings (SSSR count). The Labute approximate surface area is 170 Å². The van der Waals surface area contributed by atoms with Gasteiger partial charge in [0.2, 0.25) is 0 Å². The zero-order valence-corrected chi connectivity index (χ0v) is 17.1. The van der Waals surface area contributed by atoms with Gasteiger partial charge in [-0.15, -0.1) is 11.8 Å². The maximum atomic E-state index is 12.3. The van der Waals surface area contributed by atoms with Crippen molar-refractivity contribution < 1.29 is 14.3 Å². The van der Waals surface area contributed by atoms with Gasteiger partial charge < -0.3 is 9.64 Å². The quantitative estimate of drug-likeness (QED) is 0.542. The molecule has 1 amide bonds. The van der Waals surface area contributed by atoms with Crippen molar-refractivity contribution in [2.24, 2.45) is 0 Å². The summed E-state index contributed by atoms with van der Waals surface area (Å²) >= 11 is 1.44. The summed E-state index contributed by atoms with van der Waals surface area (Å²) in [5.41, 5.74) is 4.79. The third-order valence-electron chi connectivity index (χ3n) is 4.74. The van der Waals surface area contributed by atoms with Gasteiger partial charge in [-0.1, -0.05) is 54.1 Å². The molecule has 146 valence electrons. The van der Waals surface area contributed by atoms with Gasteiger partial charge in [0.15, 0.2) is 6.61 Å². The van der Waals surface area contributed by atoms with Crippen LogP contribution >= 0.6 is 11.8 Å². The number of hydrogen-bond acceptors (Lipinski definition) is 4. The molecule has 0 fully saturated rings. The zero-order chi connectivity index (χ0) is 19.9. The maximum absolute atomic E-state index is 12.3. The monoisotopic (exact) mass is 395 g/mol. The van der Waals surface area contributed by atoms with E-state index in [4.69, 9.17) is 4.74 Å². The second-order valence-corrected chi connectivity index (χ2v) is 7.92. The lowest BCUT2D eigenvalue weighted by Crippen LogP contribution is -2.37. The normalized spacial score (nSPS) is 13.8. The molecule has 2 aromatic carbocycles. The molecular weight excluding hydrogens is 370 g/mol. The summed E-state index contributed by atoms with van der Waals surface area (Å²) in [5, 5.41) is 0. The first kappa shape index (κ1) is 20.2. The largest absolute Gasteiger partial charge is 0.455 e. The van der Waals surface area contributed by atoms with Gasteiger partial charge in [-0.05, 0) is 43.0 Å². The van der Waals surface area contributed by atoms with Crippen LogP contribution in [0.3, 0.4) is 0 Å². The molecule has 0 aromatic heterocycles. The van der Waals surface area contributed by atoms with Crippen LogP contribution in [0.1, 0.15) is 23.1 Å². The summed E-state index contributed by atoms with van der Waals surface area (Å²) in [7, 11) is 0. The van der Waals surface area contributed by atoms with E-state index >= 15 is 0 Å². The summed E-state index contributed by atoms with van der Waals surface area (Å²) in [6, 6.07) is 16.3. The minimum absolute atomic E-state index is 0.145. The van der Waals surface area contributed by atoms with Crippen LogP contribution in [0.15, 0.2) is 59.5 Å². The smallest absolute Gasteiger partial charge is 0.316 e. The molecule has 4 nitrogen and oxygen atoms in total. The first-order valence-electron chi connectivity index (χ1n) is 9.41. The van der Waals surface area contributed by atoms with Crippen molar-refractivity contribution >= 4 is 29.2 Å². The molecule has 0 atom stereocenters. The highest BCUT2D eigenvalue weighted by Crippen LogP contribution is 2.24. The number of carbonyl (C=O) groups excluding carboxylic acids is 2. The molecule has 1 aliphatic heterocycles. The van der Waals surface area contributed by atoms with Gasteiger partial charge >= 0.3 is 5.97 Å². The summed E-state index contributed by atoms with van der Waals surface area (Å²) in [6.45, 7) is 5.07. The van der Waals surface area contributed by atoms with Gasteiger partial charge in [0.25, 0.3) is 5.91 Å². The number of rotatable bonds is 6. The highest BCUT2D eigenvalue weighted by atomic mass is 32.2. The number of amides is 1. The Morgan fingerprint density at radius 2 is 1.89 bits per heavy atom. The van der Waals surface area contributed by atoms with Gasteiger partial charge in [0.1, 0.15) is 0 Å². The molecule has 1 aliphatic rings. The fourth-order valence-electron chi connectivity index (χ4n) is 3.18. The van der Waals surface area contributed by atoms with E-state index < -0.39 is 0 Å². The number of nitrogens with zero attached hydrogens (tertiary/aromatic N) is 1. The Balaban J connectivity index is 1.43. The minimum Gasteiger partial charge on any atom is -0.455 e. The van der Waals surface area contributed by atoms with E-state index in [9.17, 15) is 9.59 Å². The molecule has 0 bridgehead atoms. The van der Waals surface area contributed by atoms with Gasteiger partial charge in [-0.3, -0.25) is 9.59 Å². The summed E-state index contributed by atoms with van der Waals surface area (Å²) in [6.07, 6.45) is 2.89. The predicted octanol–water partition coefficient (Wildman–Crippen LogP) is 4.25. The molecule has 0 N–H and O–H groups in total. The minimum atomic E-state index is -0.365. The summed E-state index contributed by atoms with van der Waals surface area (Å²) < 4.78 is 5.18. The lowest BCUT2D eigenvalue weighted by molar-refractivity contribution is -0.149. The Kier molecular flexibility index (Phi) is 6.93. The highest BCUT2D eigenvalue weighted by molar-refractivity contribution is 8.00. The number of hydrogen-bond donors (Lipinski definition) is 0. The molecule has 2 aromatic rings. The van der Waals surface area contributed by atoms with E-state index in [2.05, 4.69) is 24.3 Å². The van der Waals surface area contributed by atoms with Crippen LogP contribution in [0.5, 0.6) is 0 Å². The van der Waals surface area contributed by atoms with Gasteiger partial charge in [0, 0.05) is 18.0 Å². The number of carbonyl (C=O) groups is 2. The van der Waals surface area contributed by atoms with Crippen molar-refractivity contribution in [3.05, 3.63) is 71.3 Å². The Morgan fingerprint density at radius 3 is 2.57 bits per heavy atom. The third-order valence-corrected chi connectivity index (χ3v) is 5.89. The Morgan fingerprint density at radius 1 is 1.11 bits per heavy atom. The fourth-order valence-corrected chi connectivity index (χ4v) is 3.99. The molecule has 1 heterocycles. The first-order valence-corrected chi connectivity index (χ1v) is 10.4. The van der Waals surface area contributed by atoms with Crippen molar-refractivity contribution in [3.63, 3.8) is 0 Å². The van der Waals surface area contributed by atoms with E-state index in [1.807, 2.05) is 44.2 Å². The number of benzene rings is 2. The highest BCUT2D eigenvalue weighted by Gasteiger charge is 2.19. The predicted molar refractivity (Wildman–Crippen MR) is 113 cm³/mol. The van der Waals surface area contributed by atoms with E-state index in [1.54, 1.807) is 4.90 Å². The Hall–Kier alpha value is -2.53. The first-order chi connectivity index (χ1) is 13.5. The van der Waals surface area contributed by atoms with E-state index in [0.717, 1.165) is 16.9 Å². The molecule has 28 heavy (non-hydrogen) atoms. The number of aryl methyl sites for hydroxylation is 2. The SMILES string of the molecule is Cc1ccc(SCC(=O)OCC(=O)N2CC=C(c3ccccc3)CC2)c(C)c1. The van der Waals surface area contributed by atoms with Crippen molar-refractivity contribution in [3.8, 4) is 0 Å². The van der Waals surface area contributed by atoms with Crippen LogP contribution in [0.25, 0.3) is 5.57 Å². The summed E-state index contributed by atoms with van der Waals surface area (Å²) in [5.74, 6) is -0.307. The van der Waals surface area contributed by atoms with Crippen molar-refractivity contribution in [1.82, 2.24) is 4.90 Å². The van der Waals surface area contributed by atoms with E-state index in [1.165, 1.54) is 28.5 Å². The average Bonchev–Trinajstić information content (AvgIpc) is 2.72. The third kappa shape index (κ3) is 5.49. The molecule has 0 radical (unpaired) electrons. The van der Waals surface area contributed by atoms with E-state index in [-0.39, 0.29) is 24.2 Å². The number of ether oxygens (including phenoxy) is 1. The molecule has 0 saturated heterocycles. The standard InChI is InChI=1S/C23H25NO3S/c1-17-8-9-21(18(2)14-17)28-16-23(26)27-15-22(25)24-12-10-20(11-13-24)19-6-4-3-5-7-19/h3-10,14H,11-13,15-16H2,1-2H3. The molecule has 0 spiro atoms. The molecule has 0 unspecified atom stereocenters. The molecule has 0 saturated carbocycles. The zero-order valence-electron chi connectivity index (χ0n) is 16.3. The lowest BCUT2D eigenvalue weighted by atomic mass is 10.00. The molecule has 5 heteroatoms. The van der Waals surface area contributed by atoms with Crippen LogP contribution in [0, 0.1) is 13.8 Å². The number of thioether (sulfide) groups is 1. The second kappa shape index (κ2) is 9.60. The van der Waals surface area contributed by atoms with Crippen molar-refractivity contribution in [1.29, 1.82) is 0 Å². The van der Waals surface area contributed by atoms with Crippen LogP contribution in [0.2, 0.25) is 0 Å². The van der Waals surface area contributed by atoms with Crippen LogP contribution in [0.4, 0.5) is 0 Å². The summed E-state index contributed by atoms with van der Waals surface area (Å²) in [4.78, 5) is 27.1. The van der Waals surface area contributed by atoms with Gasteiger partial charge in [-0.25, -0.2) is 0 Å². The van der Waals surface area contributed by atoms with Crippen LogP contribution in [-0.4, -0.2) is 42.2 Å². The molecular formula is C23H25NO3S. The maximum Gasteiger partial charge on any atom is 0.316 e.